The molecule has 0 spiro atoms. The third kappa shape index (κ3) is 5.98. The monoisotopic (exact) mass is 594 g/mol. The van der Waals surface area contributed by atoms with Gasteiger partial charge in [0.2, 0.25) is 0 Å². The highest BCUT2D eigenvalue weighted by atomic mass is 35.5. The van der Waals surface area contributed by atoms with Gasteiger partial charge in [0.05, 0.1) is 11.6 Å². The molecule has 0 saturated carbocycles. The summed E-state index contributed by atoms with van der Waals surface area (Å²) in [6, 6.07) is 2.52. The first-order valence-corrected chi connectivity index (χ1v) is 13.9. The summed E-state index contributed by atoms with van der Waals surface area (Å²) in [6.45, 7) is 14.1. The number of esters is 2. The van der Waals surface area contributed by atoms with E-state index in [4.69, 9.17) is 25.4 Å². The van der Waals surface area contributed by atoms with Crippen LogP contribution in [0.15, 0.2) is 22.8 Å². The summed E-state index contributed by atoms with van der Waals surface area (Å²) in [5, 5.41) is 2.15. The molecule has 1 aromatic heterocycles. The minimum atomic E-state index is -0.826. The molecule has 4 unspecified atom stereocenters. The molecule has 2 aromatic carbocycles. The van der Waals surface area contributed by atoms with Gasteiger partial charge < -0.3 is 25.4 Å². The summed E-state index contributed by atoms with van der Waals surface area (Å²) in [7, 11) is 0. The van der Waals surface area contributed by atoms with Gasteiger partial charge in [-0.3, -0.25) is 0 Å². The number of hydrogen-bond acceptors (Lipinski definition) is 7. The molecule has 1 heterocycles. The van der Waals surface area contributed by atoms with Crippen molar-refractivity contribution in [1.82, 2.24) is 0 Å². The minimum absolute atomic E-state index is 0. The van der Waals surface area contributed by atoms with E-state index in [0.717, 1.165) is 54.0 Å². The number of carbonyl (C=O) groups is 2. The summed E-state index contributed by atoms with van der Waals surface area (Å²) in [5.74, 6) is -0.899. The topological polar surface area (TPSA) is 118 Å². The van der Waals surface area contributed by atoms with Gasteiger partial charge in [-0.25, -0.2) is 9.59 Å². The van der Waals surface area contributed by atoms with Crippen LogP contribution in [0.5, 0.6) is 11.5 Å². The Kier molecular flexibility index (Phi) is 11.1. The average molecular weight is 596 g/mol. The molecule has 4 rings (SSSR count). The van der Waals surface area contributed by atoms with Gasteiger partial charge in [0.15, 0.2) is 11.5 Å². The number of halogens is 2. The summed E-state index contributed by atoms with van der Waals surface area (Å²) in [6.07, 6.45) is 5.93. The van der Waals surface area contributed by atoms with Crippen molar-refractivity contribution in [3.05, 3.63) is 35.1 Å². The van der Waals surface area contributed by atoms with E-state index < -0.39 is 24.0 Å². The number of furan rings is 1. The van der Waals surface area contributed by atoms with Gasteiger partial charge in [-0.2, -0.15) is 0 Å². The molecule has 0 radical (unpaired) electrons. The molecule has 3 aromatic rings. The Morgan fingerprint density at radius 1 is 0.950 bits per heavy atom. The fourth-order valence-corrected chi connectivity index (χ4v) is 5.49. The molecule has 0 fully saturated rings. The molecule has 1 aliphatic carbocycles. The normalized spacial score (nSPS) is 17.1. The second-order valence-electron chi connectivity index (χ2n) is 11.7. The van der Waals surface area contributed by atoms with Gasteiger partial charge in [0, 0.05) is 10.8 Å². The fourth-order valence-electron chi connectivity index (χ4n) is 5.49. The van der Waals surface area contributed by atoms with Gasteiger partial charge in [-0.15, -0.1) is 24.8 Å². The van der Waals surface area contributed by atoms with E-state index in [1.807, 2.05) is 40.7 Å². The van der Waals surface area contributed by atoms with E-state index in [1.54, 1.807) is 6.26 Å². The van der Waals surface area contributed by atoms with Crippen molar-refractivity contribution in [2.24, 2.45) is 23.3 Å². The minimum Gasteiger partial charge on any atom is -0.463 e. The van der Waals surface area contributed by atoms with E-state index >= 15 is 0 Å². The van der Waals surface area contributed by atoms with E-state index in [0.29, 0.717) is 11.0 Å². The molecule has 0 aliphatic heterocycles. The molecule has 0 bridgehead atoms. The number of benzene rings is 2. The van der Waals surface area contributed by atoms with Crippen LogP contribution in [0.2, 0.25) is 0 Å². The van der Waals surface area contributed by atoms with Crippen LogP contribution < -0.4 is 20.9 Å². The van der Waals surface area contributed by atoms with Crippen molar-refractivity contribution in [2.75, 3.05) is 0 Å². The smallest absolute Gasteiger partial charge is 0.328 e. The average Bonchev–Trinajstić information content (AvgIpc) is 3.29. The standard InChI is InChI=1S/C31H42N2O5.2ClH/c1-8-16(3)24(32)29(34)37-27-22-18(5)15-36-26(22)20-12-13-21-19(11-10-14-31(21,6)7)23(20)28(27)38-30(35)25(33)17(4)9-2;;/h12-13,15-17,24-25H,8-11,14,32-33H2,1-7H3;2*1H. The fraction of sp³-hybridized carbons (Fsp3) is 0.548. The Balaban J connectivity index is 0.00000280. The third-order valence-electron chi connectivity index (χ3n) is 8.61. The predicted octanol–water partition coefficient (Wildman–Crippen LogP) is 6.91. The van der Waals surface area contributed by atoms with E-state index in [1.165, 1.54) is 5.56 Å². The number of fused-ring (bicyclic) bond motifs is 5. The van der Waals surface area contributed by atoms with Crippen LogP contribution in [0.25, 0.3) is 21.7 Å². The highest BCUT2D eigenvalue weighted by Gasteiger charge is 2.35. The molecule has 0 saturated heterocycles. The van der Waals surface area contributed by atoms with Gasteiger partial charge in [0.25, 0.3) is 0 Å². The molecule has 4 N–H and O–H groups in total. The molecule has 222 valence electrons. The Morgan fingerprint density at radius 2 is 1.48 bits per heavy atom. The highest BCUT2D eigenvalue weighted by Crippen LogP contribution is 2.50. The molecule has 0 amide bonds. The summed E-state index contributed by atoms with van der Waals surface area (Å²) in [5.41, 5.74) is 16.1. The number of carbonyl (C=O) groups excluding carboxylic acids is 2. The predicted molar refractivity (Wildman–Crippen MR) is 165 cm³/mol. The molecule has 40 heavy (non-hydrogen) atoms. The largest absolute Gasteiger partial charge is 0.463 e. The van der Waals surface area contributed by atoms with Gasteiger partial charge in [0.1, 0.15) is 17.7 Å². The summed E-state index contributed by atoms with van der Waals surface area (Å²) < 4.78 is 18.2. The zero-order chi connectivity index (χ0) is 27.9. The second kappa shape index (κ2) is 13.1. The maximum absolute atomic E-state index is 13.4. The zero-order valence-electron chi connectivity index (χ0n) is 24.6. The van der Waals surface area contributed by atoms with Crippen molar-refractivity contribution >= 4 is 58.5 Å². The molecule has 9 heteroatoms. The number of ether oxygens (including phenoxy) is 2. The van der Waals surface area contributed by atoms with E-state index in [9.17, 15) is 9.59 Å². The molecular formula is C31H44Cl2N2O5. The van der Waals surface area contributed by atoms with Crippen molar-refractivity contribution < 1.29 is 23.5 Å². The lowest BCUT2D eigenvalue weighted by Gasteiger charge is -2.34. The number of hydrogen-bond donors (Lipinski definition) is 2. The van der Waals surface area contributed by atoms with Gasteiger partial charge in [-0.05, 0) is 60.1 Å². The Hall–Kier alpha value is -2.32. The third-order valence-corrected chi connectivity index (χ3v) is 8.61. The van der Waals surface area contributed by atoms with Crippen molar-refractivity contribution in [1.29, 1.82) is 0 Å². The molecule has 1 aliphatic rings. The van der Waals surface area contributed by atoms with Crippen LogP contribution in [0.1, 0.15) is 83.9 Å². The first-order chi connectivity index (χ1) is 17.9. The van der Waals surface area contributed by atoms with Crippen LogP contribution in [0.4, 0.5) is 0 Å². The maximum Gasteiger partial charge on any atom is 0.328 e. The van der Waals surface area contributed by atoms with Crippen LogP contribution in [-0.4, -0.2) is 24.0 Å². The molecule has 4 atom stereocenters. The van der Waals surface area contributed by atoms with Crippen molar-refractivity contribution in [3.63, 3.8) is 0 Å². The van der Waals surface area contributed by atoms with Gasteiger partial charge >= 0.3 is 11.9 Å². The number of nitrogens with two attached hydrogens (primary N) is 2. The molecule has 7 nitrogen and oxygen atoms in total. The zero-order valence-corrected chi connectivity index (χ0v) is 26.2. The van der Waals surface area contributed by atoms with Crippen molar-refractivity contribution in [3.8, 4) is 11.5 Å². The summed E-state index contributed by atoms with van der Waals surface area (Å²) in [4.78, 5) is 26.7. The SMILES string of the molecule is CCC(C)C(N)C(=O)Oc1c(OC(=O)C(N)C(C)CC)c2c(C)coc2c2ccc3c(c12)CCCC3(C)C.Cl.Cl. The highest BCUT2D eigenvalue weighted by molar-refractivity contribution is 6.15. The Labute approximate surface area is 249 Å². The lowest BCUT2D eigenvalue weighted by Crippen LogP contribution is -2.40. The first kappa shape index (κ1) is 33.9. The van der Waals surface area contributed by atoms with Crippen LogP contribution in [0, 0.1) is 18.8 Å². The lowest BCUT2D eigenvalue weighted by molar-refractivity contribution is -0.139. The van der Waals surface area contributed by atoms with Crippen LogP contribution >= 0.6 is 24.8 Å². The van der Waals surface area contributed by atoms with E-state index in [2.05, 4.69) is 19.9 Å². The Morgan fingerprint density at radius 3 is 2.00 bits per heavy atom. The quantitative estimate of drug-likeness (QED) is 0.215. The van der Waals surface area contributed by atoms with Crippen LogP contribution in [-0.2, 0) is 21.4 Å². The Bertz CT molecular complexity index is 1380. The van der Waals surface area contributed by atoms with E-state index in [-0.39, 0.29) is 53.6 Å². The second-order valence-corrected chi connectivity index (χ2v) is 11.7. The van der Waals surface area contributed by atoms with Gasteiger partial charge in [-0.1, -0.05) is 66.5 Å². The summed E-state index contributed by atoms with van der Waals surface area (Å²) >= 11 is 0. The number of rotatable bonds is 8. The lowest BCUT2D eigenvalue weighted by atomic mass is 9.71. The molecular weight excluding hydrogens is 551 g/mol. The van der Waals surface area contributed by atoms with Crippen LogP contribution in [0.3, 0.4) is 0 Å². The number of aryl methyl sites for hydroxylation is 2. The maximum atomic E-state index is 13.4. The first-order valence-electron chi connectivity index (χ1n) is 13.9. The van der Waals surface area contributed by atoms with Crippen molar-refractivity contribution in [2.45, 2.75) is 98.1 Å².